The molecule has 4 aliphatic rings. The van der Waals surface area contributed by atoms with Gasteiger partial charge in [0, 0.05) is 31.2 Å². The van der Waals surface area contributed by atoms with E-state index in [1.807, 2.05) is 0 Å². The predicted molar refractivity (Wildman–Crippen MR) is 115 cm³/mol. The first-order valence-electron chi connectivity index (χ1n) is 12.1. The van der Waals surface area contributed by atoms with Crippen LogP contribution in [0.1, 0.15) is 35.3 Å². The van der Waals surface area contributed by atoms with E-state index in [2.05, 4.69) is 31.7 Å². The van der Waals surface area contributed by atoms with Crippen molar-refractivity contribution in [1.82, 2.24) is 19.9 Å². The lowest BCUT2D eigenvalue weighted by molar-refractivity contribution is 0.107. The minimum Gasteiger partial charge on any atom is -0.461 e. The van der Waals surface area contributed by atoms with E-state index in [4.69, 9.17) is 23.8 Å². The molecule has 0 bridgehead atoms. The summed E-state index contributed by atoms with van der Waals surface area (Å²) in [5.41, 5.74) is -0.731. The minimum absolute atomic E-state index is 0.00580. The van der Waals surface area contributed by atoms with Crippen LogP contribution in [-0.4, -0.2) is 70.8 Å². The minimum atomic E-state index is -2.03. The number of fused-ring (bicyclic) bond motifs is 3. The summed E-state index contributed by atoms with van der Waals surface area (Å²) in [7, 11) is 0. The van der Waals surface area contributed by atoms with Gasteiger partial charge in [-0.3, -0.25) is 4.90 Å². The third-order valence-corrected chi connectivity index (χ3v) is 7.40. The van der Waals surface area contributed by atoms with Crippen molar-refractivity contribution in [3.05, 3.63) is 17.2 Å². The molecule has 9 heteroatoms. The van der Waals surface area contributed by atoms with Crippen LogP contribution >= 0.6 is 11.6 Å². The topological polar surface area (TPSA) is 63.6 Å². The van der Waals surface area contributed by atoms with Crippen LogP contribution in [0.25, 0.3) is 10.9 Å². The second kappa shape index (κ2) is 7.39. The van der Waals surface area contributed by atoms with Crippen molar-refractivity contribution in [3.63, 3.8) is 0 Å². The molecule has 0 N–H and O–H groups in total. The Morgan fingerprint density at radius 2 is 2.32 bits per heavy atom. The van der Waals surface area contributed by atoms with Crippen LogP contribution in [-0.2, 0) is 4.74 Å². The Morgan fingerprint density at radius 1 is 1.42 bits per heavy atom. The summed E-state index contributed by atoms with van der Waals surface area (Å²) in [6.45, 7) is 3.64. The molecule has 31 heavy (non-hydrogen) atoms. The van der Waals surface area contributed by atoms with Crippen LogP contribution in [0.3, 0.4) is 0 Å². The number of hydrogen-bond donors (Lipinski definition) is 0. The van der Waals surface area contributed by atoms with Crippen LogP contribution in [0, 0.1) is 17.7 Å². The second-order valence-electron chi connectivity index (χ2n) is 9.38. The third-order valence-electron chi connectivity index (χ3n) is 7.14. The van der Waals surface area contributed by atoms with Gasteiger partial charge in [-0.15, -0.1) is 0 Å². The summed E-state index contributed by atoms with van der Waals surface area (Å²) in [5.74, 6) is 0.525. The van der Waals surface area contributed by atoms with E-state index in [1.165, 1.54) is 6.20 Å². The van der Waals surface area contributed by atoms with Gasteiger partial charge in [-0.05, 0) is 38.1 Å². The fourth-order valence-electron chi connectivity index (χ4n) is 5.63. The van der Waals surface area contributed by atoms with Gasteiger partial charge in [0.1, 0.15) is 17.9 Å². The Hall–Kier alpha value is -1.77. The molecular formula is C22H27ClFN5O2. The summed E-state index contributed by atoms with van der Waals surface area (Å²) >= 11 is 5.96. The highest BCUT2D eigenvalue weighted by molar-refractivity contribution is 6.30. The zero-order chi connectivity index (χ0) is 23.0. The second-order valence-corrected chi connectivity index (χ2v) is 9.74. The molecule has 5 heterocycles. The zero-order valence-electron chi connectivity index (χ0n) is 19.5. The summed E-state index contributed by atoms with van der Waals surface area (Å²) < 4.78 is 44.5. The number of rotatable bonds is 4. The highest BCUT2D eigenvalue weighted by Crippen LogP contribution is 2.43. The molecule has 1 saturated carbocycles. The van der Waals surface area contributed by atoms with Gasteiger partial charge in [0.2, 0.25) is 0 Å². The lowest BCUT2D eigenvalue weighted by Crippen LogP contribution is -2.43. The predicted octanol–water partition coefficient (Wildman–Crippen LogP) is 3.30. The van der Waals surface area contributed by atoms with Crippen LogP contribution in [0.15, 0.2) is 6.20 Å². The lowest BCUT2D eigenvalue weighted by atomic mass is 9.92. The van der Waals surface area contributed by atoms with Gasteiger partial charge in [0.25, 0.3) is 0 Å². The smallest absolute Gasteiger partial charge is 0.319 e. The maximum Gasteiger partial charge on any atom is 0.319 e. The molecule has 0 amide bonds. The lowest BCUT2D eigenvalue weighted by Gasteiger charge is -2.31. The number of halogens is 2. The van der Waals surface area contributed by atoms with Crippen molar-refractivity contribution in [2.75, 3.05) is 44.3 Å². The average Bonchev–Trinajstić information content (AvgIpc) is 3.34. The largest absolute Gasteiger partial charge is 0.461 e. The molecular weight excluding hydrogens is 421 g/mol. The summed E-state index contributed by atoms with van der Waals surface area (Å²) in [4.78, 5) is 17.2. The van der Waals surface area contributed by atoms with Crippen LogP contribution in [0.2, 0.25) is 5.15 Å². The van der Waals surface area contributed by atoms with Crippen LogP contribution < -0.4 is 9.64 Å². The summed E-state index contributed by atoms with van der Waals surface area (Å²) in [6.07, 6.45) is 4.79. The molecule has 7 nitrogen and oxygen atoms in total. The fraction of sp³-hybridized carbons (Fsp3) is 0.682. The van der Waals surface area contributed by atoms with Crippen molar-refractivity contribution in [1.29, 1.82) is 0 Å². The average molecular weight is 450 g/mol. The van der Waals surface area contributed by atoms with Crippen molar-refractivity contribution < 1.29 is 16.6 Å². The van der Waals surface area contributed by atoms with E-state index >= 15 is 4.39 Å². The van der Waals surface area contributed by atoms with E-state index < -0.39 is 17.9 Å². The Morgan fingerprint density at radius 3 is 3.23 bits per heavy atom. The highest BCUT2D eigenvalue weighted by Gasteiger charge is 2.48. The molecule has 2 aromatic rings. The van der Waals surface area contributed by atoms with Crippen molar-refractivity contribution in [2.45, 2.75) is 44.2 Å². The Balaban J connectivity index is 1.43. The van der Waals surface area contributed by atoms with Crippen LogP contribution in [0.4, 0.5) is 10.2 Å². The molecule has 2 aromatic heterocycles. The number of hydrogen-bond acceptors (Lipinski definition) is 7. The molecule has 3 saturated heterocycles. The molecule has 6 rings (SSSR count). The fourth-order valence-corrected chi connectivity index (χ4v) is 5.77. The van der Waals surface area contributed by atoms with Gasteiger partial charge in [-0.1, -0.05) is 18.5 Å². The first-order chi connectivity index (χ1) is 15.8. The molecule has 4 fully saturated rings. The van der Waals surface area contributed by atoms with Crippen molar-refractivity contribution >= 4 is 28.3 Å². The highest BCUT2D eigenvalue weighted by atomic mass is 35.5. The summed E-state index contributed by atoms with van der Waals surface area (Å²) in [6, 6.07) is 0.0698. The number of ether oxygens (including phenoxy) is 2. The number of pyridine rings is 1. The van der Waals surface area contributed by atoms with Gasteiger partial charge in [0.05, 0.1) is 26.9 Å². The van der Waals surface area contributed by atoms with Gasteiger partial charge in [-0.2, -0.15) is 9.97 Å². The Kier molecular flexibility index (Phi) is 4.23. The SMILES string of the molecule is [2H]C([2H])(Oc1nc(N2CCOCC3CC32)c2cnc(Cl)c(F)c2n1)[C@@]12CCCN1C[C@H](C)C2. The molecule has 0 spiro atoms. The molecule has 4 atom stereocenters. The Labute approximate surface area is 188 Å². The quantitative estimate of drug-likeness (QED) is 0.663. The summed E-state index contributed by atoms with van der Waals surface area (Å²) in [5, 5.41) is 0.155. The first kappa shape index (κ1) is 17.7. The molecule has 166 valence electrons. The van der Waals surface area contributed by atoms with Gasteiger partial charge in [-0.25, -0.2) is 9.37 Å². The van der Waals surface area contributed by atoms with E-state index in [9.17, 15) is 0 Å². The van der Waals surface area contributed by atoms with Crippen LogP contribution in [0.5, 0.6) is 6.01 Å². The van der Waals surface area contributed by atoms with E-state index in [-0.39, 0.29) is 22.7 Å². The van der Waals surface area contributed by atoms with Gasteiger partial charge < -0.3 is 14.4 Å². The van der Waals surface area contributed by atoms with E-state index in [0.29, 0.717) is 55.6 Å². The third kappa shape index (κ3) is 3.34. The monoisotopic (exact) mass is 449 g/mol. The zero-order valence-corrected chi connectivity index (χ0v) is 18.2. The standard InChI is InChI=1S/C22H27ClFN5O2/c1-13-8-22(3-2-4-28(22)10-13)12-31-21-26-18-15(9-25-19(23)17(18)24)20(27-21)29-5-6-30-11-14-7-16(14)29/h9,13-14,16H,2-8,10-12H2,1H3/t13-,14?,16?,22+/m1/s1/i12D2. The number of nitrogens with zero attached hydrogens (tertiary/aromatic N) is 5. The number of anilines is 1. The molecule has 2 unspecified atom stereocenters. The van der Waals surface area contributed by atoms with E-state index in [1.54, 1.807) is 0 Å². The molecule has 0 aromatic carbocycles. The molecule has 3 aliphatic heterocycles. The van der Waals surface area contributed by atoms with Crippen molar-refractivity contribution in [2.24, 2.45) is 11.8 Å². The maximum absolute atomic E-state index is 15.0. The van der Waals surface area contributed by atoms with Crippen molar-refractivity contribution in [3.8, 4) is 6.01 Å². The van der Waals surface area contributed by atoms with Gasteiger partial charge >= 0.3 is 6.01 Å². The first-order valence-corrected chi connectivity index (χ1v) is 11.5. The Bertz CT molecular complexity index is 1110. The normalized spacial score (nSPS) is 34.2. The van der Waals surface area contributed by atoms with E-state index in [0.717, 1.165) is 25.9 Å². The molecule has 0 radical (unpaired) electrons. The molecule has 1 aliphatic carbocycles. The number of aromatic nitrogens is 3. The van der Waals surface area contributed by atoms with Gasteiger partial charge in [0.15, 0.2) is 11.0 Å². The maximum atomic E-state index is 15.0.